The maximum atomic E-state index is 7.65. The largest absolute Gasteiger partial charge is 0.884 e. The number of hydrogen-bond acceptors (Lipinski definition) is 3. The van der Waals surface area contributed by atoms with Crippen molar-refractivity contribution in [3.05, 3.63) is 182 Å². The predicted octanol–water partition coefficient (Wildman–Crippen LogP) is 6.90. The second-order valence-corrected chi connectivity index (χ2v) is 24.3. The van der Waals surface area contributed by atoms with Gasteiger partial charge in [-0.15, -0.1) is 0 Å². The first-order chi connectivity index (χ1) is 24.2. The summed E-state index contributed by atoms with van der Waals surface area (Å²) >= 11 is 28.8. The minimum absolute atomic E-state index is 0.366. The van der Waals surface area contributed by atoms with E-state index in [-0.39, 0.29) is 6.61 Å². The average Bonchev–Trinajstić information content (AvgIpc) is 3.16. The average molecular weight is 809 g/mol. The van der Waals surface area contributed by atoms with E-state index in [0.717, 1.165) is 31.1 Å². The summed E-state index contributed by atoms with van der Waals surface area (Å²) in [5, 5.41) is 6.07. The predicted molar refractivity (Wildman–Crippen MR) is 217 cm³/mol. The maximum absolute atomic E-state index is 7.65. The van der Waals surface area contributed by atoms with E-state index in [9.17, 15) is 0 Å². The van der Waals surface area contributed by atoms with Gasteiger partial charge in [-0.2, -0.15) is 0 Å². The van der Waals surface area contributed by atoms with E-state index >= 15 is 0 Å². The molecular formula is C39H32AlCl5O3Si2. The molecule has 252 valence electrons. The van der Waals surface area contributed by atoms with Crippen LogP contribution in [-0.2, 0) is 10.7 Å². The van der Waals surface area contributed by atoms with E-state index in [0.29, 0.717) is 0 Å². The molecule has 0 bridgehead atoms. The van der Waals surface area contributed by atoms with Crippen molar-refractivity contribution in [2.45, 2.75) is 8.13 Å². The molecular weight excluding hydrogens is 777 g/mol. The van der Waals surface area contributed by atoms with E-state index in [1.807, 2.05) is 109 Å². The minimum Gasteiger partial charge on any atom is -0.489 e. The van der Waals surface area contributed by atoms with Gasteiger partial charge < -0.3 is 10.7 Å². The summed E-state index contributed by atoms with van der Waals surface area (Å²) < 4.78 is 18.0. The molecule has 0 saturated carbocycles. The van der Waals surface area contributed by atoms with Gasteiger partial charge in [0.25, 0.3) is 16.6 Å². The van der Waals surface area contributed by atoms with Gasteiger partial charge in [0.05, 0.1) is 6.61 Å². The number of benzene rings is 6. The fraction of sp³-hybridized carbons (Fsp3) is 0.0769. The number of halogens is 5. The van der Waals surface area contributed by atoms with Crippen LogP contribution in [0.1, 0.15) is 0 Å². The quantitative estimate of drug-likeness (QED) is 0.0723. The van der Waals surface area contributed by atoms with Crippen molar-refractivity contribution in [3.63, 3.8) is 0 Å². The Morgan fingerprint density at radius 2 is 0.600 bits per heavy atom. The summed E-state index contributed by atoms with van der Waals surface area (Å²) in [5.74, 6) is 0. The highest BCUT2D eigenvalue weighted by atomic mass is 35.6. The molecule has 6 aromatic rings. The lowest BCUT2D eigenvalue weighted by molar-refractivity contribution is 0.195. The SMILES string of the molecule is ClC(Cl)(Cl)C(Cl)(Cl)C[O][Al]([O][Si](c1ccccc1)(c1ccccc1)c1ccccc1)[O][Si](c1ccccc1)(c1ccccc1)c1ccccc1. The molecule has 0 radical (unpaired) electrons. The number of rotatable bonds is 13. The van der Waals surface area contributed by atoms with Crippen molar-refractivity contribution >= 4 is 121 Å². The van der Waals surface area contributed by atoms with Crippen LogP contribution in [0.25, 0.3) is 0 Å². The molecule has 0 unspecified atom stereocenters. The summed E-state index contributed by atoms with van der Waals surface area (Å²) in [5.41, 5.74) is 0. The van der Waals surface area contributed by atoms with Crippen LogP contribution in [0.3, 0.4) is 0 Å². The Bertz CT molecular complexity index is 1600. The number of hydrogen-bond donors (Lipinski definition) is 0. The van der Waals surface area contributed by atoms with Crippen molar-refractivity contribution in [1.82, 2.24) is 0 Å². The van der Waals surface area contributed by atoms with Gasteiger partial charge >= 0.3 is 15.1 Å². The molecule has 0 amide bonds. The van der Waals surface area contributed by atoms with Gasteiger partial charge in [-0.1, -0.05) is 240 Å². The summed E-state index contributed by atoms with van der Waals surface area (Å²) in [6, 6.07) is 61.4. The second-order valence-electron chi connectivity index (χ2n) is 11.6. The van der Waals surface area contributed by atoms with Gasteiger partial charge in [0.15, 0.2) is 4.33 Å². The third-order valence-corrected chi connectivity index (χ3v) is 22.5. The Labute approximate surface area is 325 Å². The zero-order valence-corrected chi connectivity index (χ0v) is 33.7. The van der Waals surface area contributed by atoms with E-state index in [1.165, 1.54) is 0 Å². The molecule has 0 saturated heterocycles. The topological polar surface area (TPSA) is 27.7 Å². The van der Waals surface area contributed by atoms with Crippen LogP contribution in [0.4, 0.5) is 0 Å². The first kappa shape index (κ1) is 37.4. The van der Waals surface area contributed by atoms with E-state index in [1.54, 1.807) is 0 Å². The second kappa shape index (κ2) is 16.5. The molecule has 0 aliphatic rings. The van der Waals surface area contributed by atoms with Gasteiger partial charge in [-0.3, -0.25) is 0 Å². The molecule has 0 aliphatic carbocycles. The van der Waals surface area contributed by atoms with E-state index < -0.39 is 39.9 Å². The Morgan fingerprint density at radius 1 is 0.380 bits per heavy atom. The smallest absolute Gasteiger partial charge is 0.489 e. The highest BCUT2D eigenvalue weighted by Crippen LogP contribution is 2.46. The van der Waals surface area contributed by atoms with Crippen molar-refractivity contribution < 1.29 is 10.7 Å². The summed E-state index contributed by atoms with van der Waals surface area (Å²) in [7, 11) is -6.77. The van der Waals surface area contributed by atoms with E-state index in [2.05, 4.69) is 72.8 Å². The maximum Gasteiger partial charge on any atom is 0.884 e. The third-order valence-electron chi connectivity index (χ3n) is 8.44. The third kappa shape index (κ3) is 7.99. The van der Waals surface area contributed by atoms with Crippen molar-refractivity contribution in [2.24, 2.45) is 0 Å². The van der Waals surface area contributed by atoms with Crippen LogP contribution < -0.4 is 31.1 Å². The monoisotopic (exact) mass is 806 g/mol. The fourth-order valence-electron chi connectivity index (χ4n) is 6.08. The molecule has 3 nitrogen and oxygen atoms in total. The summed E-state index contributed by atoms with van der Waals surface area (Å²) in [6.45, 7) is -0.366. The summed E-state index contributed by atoms with van der Waals surface area (Å²) in [4.78, 5) is 0. The van der Waals surface area contributed by atoms with Gasteiger partial charge in [0.1, 0.15) is 0 Å². The Morgan fingerprint density at radius 3 is 0.800 bits per heavy atom. The van der Waals surface area contributed by atoms with Gasteiger partial charge in [-0.05, 0) is 31.1 Å². The molecule has 0 fully saturated rings. The Hall–Kier alpha value is -2.38. The van der Waals surface area contributed by atoms with E-state index in [4.69, 9.17) is 68.7 Å². The first-order valence-electron chi connectivity index (χ1n) is 15.9. The lowest BCUT2D eigenvalue weighted by atomic mass is 10.3. The van der Waals surface area contributed by atoms with Gasteiger partial charge in [0.2, 0.25) is 3.79 Å². The van der Waals surface area contributed by atoms with Crippen LogP contribution >= 0.6 is 58.0 Å². The Kier molecular flexibility index (Phi) is 12.4. The highest BCUT2D eigenvalue weighted by Gasteiger charge is 2.56. The van der Waals surface area contributed by atoms with Crippen LogP contribution in [0.5, 0.6) is 0 Å². The lowest BCUT2D eigenvalue weighted by Gasteiger charge is -2.40. The van der Waals surface area contributed by atoms with Gasteiger partial charge in [0, 0.05) is 0 Å². The first-order valence-corrected chi connectivity index (χ1v) is 23.0. The van der Waals surface area contributed by atoms with Crippen LogP contribution in [0.2, 0.25) is 0 Å². The standard InChI is InChI=1S/2C18H15OSi.C3H2Cl5O.Al/c2*19-20(16-10-4-1-5-11-16,17-12-6-2-7-13-17)18-14-8-3-9-15-18;4-2(5,1-9)3(6,7)8;/h2*1-15H;1H2;/q3*-1;+3. The summed E-state index contributed by atoms with van der Waals surface area (Å²) in [6.07, 6.45) is 0. The molecule has 6 rings (SSSR count). The molecule has 50 heavy (non-hydrogen) atoms. The molecule has 0 aromatic heterocycles. The molecule has 6 aromatic carbocycles. The molecule has 0 N–H and O–H groups in total. The van der Waals surface area contributed by atoms with Crippen LogP contribution in [0, 0.1) is 0 Å². The van der Waals surface area contributed by atoms with Crippen molar-refractivity contribution in [1.29, 1.82) is 0 Å². The normalized spacial score (nSPS) is 12.4. The molecule has 0 heterocycles. The molecule has 11 heteroatoms. The highest BCUT2D eigenvalue weighted by molar-refractivity contribution is 7.11. The van der Waals surface area contributed by atoms with Crippen LogP contribution in [0.15, 0.2) is 182 Å². The zero-order valence-electron chi connectivity index (χ0n) is 26.7. The van der Waals surface area contributed by atoms with Crippen molar-refractivity contribution in [2.75, 3.05) is 6.61 Å². The van der Waals surface area contributed by atoms with Crippen molar-refractivity contribution in [3.8, 4) is 0 Å². The zero-order chi connectivity index (χ0) is 35.1. The fourth-order valence-corrected chi connectivity index (χ4v) is 19.7. The Balaban J connectivity index is 1.61. The lowest BCUT2D eigenvalue weighted by Crippen LogP contribution is -2.75. The minimum atomic E-state index is -3.40. The molecule has 0 aliphatic heterocycles. The molecule has 0 atom stereocenters. The van der Waals surface area contributed by atoms with Crippen LogP contribution in [-0.4, -0.2) is 46.5 Å². The number of alkyl halides is 5. The molecule has 0 spiro atoms. The van der Waals surface area contributed by atoms with Gasteiger partial charge in [-0.25, -0.2) is 0 Å².